The molecule has 14 nitrogen and oxygen atoms in total. The molecule has 9 N–H and O–H groups in total. The molecule has 0 saturated carbocycles. The number of unbranched alkanes of at least 4 members (excludes halogenated alkanes) is 11. The summed E-state index contributed by atoms with van der Waals surface area (Å²) >= 11 is 0. The summed E-state index contributed by atoms with van der Waals surface area (Å²) in [6, 6.07) is -0.973. The third kappa shape index (κ3) is 27.4. The zero-order chi connectivity index (χ0) is 50.3. The Balaban J connectivity index is 1.90. The highest BCUT2D eigenvalue weighted by Crippen LogP contribution is 2.30. The summed E-state index contributed by atoms with van der Waals surface area (Å²) in [5.74, 6) is -0.315. The van der Waals surface area contributed by atoms with E-state index in [0.717, 1.165) is 57.8 Å². The maximum absolute atomic E-state index is 13.2. The maximum atomic E-state index is 13.2. The molecule has 12 unspecified atom stereocenters. The third-order valence-corrected chi connectivity index (χ3v) is 12.0. The predicted molar refractivity (Wildman–Crippen MR) is 272 cm³/mol. The first-order chi connectivity index (χ1) is 33.6. The van der Waals surface area contributed by atoms with Gasteiger partial charge in [-0.15, -0.1) is 0 Å². The van der Waals surface area contributed by atoms with Gasteiger partial charge in [0.1, 0.15) is 48.8 Å². The van der Waals surface area contributed by atoms with Gasteiger partial charge < -0.3 is 65.1 Å². The van der Waals surface area contributed by atoms with E-state index in [-0.39, 0.29) is 18.9 Å². The molecule has 0 spiro atoms. The van der Waals surface area contributed by atoms with Gasteiger partial charge in [-0.3, -0.25) is 4.79 Å². The fourth-order valence-electron chi connectivity index (χ4n) is 7.77. The van der Waals surface area contributed by atoms with Crippen molar-refractivity contribution in [3.8, 4) is 0 Å². The summed E-state index contributed by atoms with van der Waals surface area (Å²) in [5, 5.41) is 86.7. The molecule has 1 amide bonds. The largest absolute Gasteiger partial charge is 0.394 e. The van der Waals surface area contributed by atoms with Crippen LogP contribution in [-0.4, -0.2) is 140 Å². The van der Waals surface area contributed by atoms with Gasteiger partial charge in [0.15, 0.2) is 12.6 Å². The van der Waals surface area contributed by atoms with Crippen molar-refractivity contribution in [1.82, 2.24) is 5.32 Å². The number of amides is 1. The van der Waals surface area contributed by atoms with Crippen LogP contribution in [0.1, 0.15) is 149 Å². The lowest BCUT2D eigenvalue weighted by molar-refractivity contribution is -0.359. The number of hydrogen-bond donors (Lipinski definition) is 9. The minimum atomic E-state index is -1.80. The van der Waals surface area contributed by atoms with Gasteiger partial charge in [0.2, 0.25) is 5.91 Å². The standard InChI is InChI=1S/C55H91NO13/c1-3-5-7-9-11-13-15-17-19-21-23-24-26-28-30-32-34-36-38-44(59)43(56-47(60)39-37-35-33-31-29-27-25-22-20-18-16-14-12-10-8-6-4-2)42-66-54-52(65)50(63)53(46(41-58)68-54)69-55-51(64)49(62)48(61)45(40-57)67-55/h6,8,12,14,18,20-21,23,25,27-28,30-31,33,36,38,43-46,48-55,57-59,61-65H,3-5,7,9-11,13,15-17,19,22,24,26,29,32,34-35,37,39-42H2,1-2H3,(H,56,60)/b8-6-,14-12-,20-18-,23-21+,27-25-,30-28+,33-31-,38-36+. The first kappa shape index (κ1) is 62.0. The van der Waals surface area contributed by atoms with Gasteiger partial charge in [0.25, 0.3) is 0 Å². The minimum Gasteiger partial charge on any atom is -0.394 e. The SMILES string of the molecule is CC/C=C\C/C=C\C/C=C\C/C=C\C/C=C\CCCC(=O)NC(COC1OC(CO)C(OC2OC(CO)C(O)C(O)C2O)C(O)C1O)C(O)/C=C/CC/C=C/CC/C=C/CCCCCCCCCC. The molecule has 2 rings (SSSR count). The normalized spacial score (nSPS) is 27.0. The smallest absolute Gasteiger partial charge is 0.220 e. The quantitative estimate of drug-likeness (QED) is 0.0222. The van der Waals surface area contributed by atoms with E-state index in [1.54, 1.807) is 6.08 Å². The number of allylic oxidation sites excluding steroid dienone is 15. The second-order valence-corrected chi connectivity index (χ2v) is 17.9. The van der Waals surface area contributed by atoms with Gasteiger partial charge in [-0.05, 0) is 83.5 Å². The number of aliphatic hydroxyl groups is 8. The molecule has 0 aromatic carbocycles. The minimum absolute atomic E-state index is 0.186. The van der Waals surface area contributed by atoms with Gasteiger partial charge in [-0.25, -0.2) is 0 Å². The van der Waals surface area contributed by atoms with E-state index in [1.807, 2.05) is 12.2 Å². The van der Waals surface area contributed by atoms with E-state index in [0.29, 0.717) is 19.3 Å². The number of aliphatic hydroxyl groups excluding tert-OH is 8. The number of nitrogens with one attached hydrogen (secondary N) is 1. The van der Waals surface area contributed by atoms with Crippen LogP contribution in [0.25, 0.3) is 0 Å². The van der Waals surface area contributed by atoms with E-state index in [2.05, 4.69) is 98.2 Å². The summed E-state index contributed by atoms with van der Waals surface area (Å²) in [6.07, 6.45) is 37.4. The van der Waals surface area contributed by atoms with Crippen LogP contribution in [0.4, 0.5) is 0 Å². The maximum Gasteiger partial charge on any atom is 0.220 e. The van der Waals surface area contributed by atoms with Gasteiger partial charge in [-0.1, -0.05) is 156 Å². The summed E-state index contributed by atoms with van der Waals surface area (Å²) < 4.78 is 22.6. The van der Waals surface area contributed by atoms with Crippen LogP contribution in [0.5, 0.6) is 0 Å². The molecule has 2 aliphatic heterocycles. The topological polar surface area (TPSA) is 228 Å². The van der Waals surface area contributed by atoms with E-state index in [1.165, 1.54) is 51.4 Å². The average molecular weight is 974 g/mol. The van der Waals surface area contributed by atoms with Crippen molar-refractivity contribution in [2.45, 2.75) is 222 Å². The summed E-state index contributed by atoms with van der Waals surface area (Å²) in [4.78, 5) is 13.2. The monoisotopic (exact) mass is 974 g/mol. The van der Waals surface area contributed by atoms with Gasteiger partial charge >= 0.3 is 0 Å². The Bertz CT molecular complexity index is 1520. The molecule has 394 valence electrons. The molecule has 0 aromatic heterocycles. The van der Waals surface area contributed by atoms with Crippen LogP contribution in [0.3, 0.4) is 0 Å². The molecule has 2 heterocycles. The summed E-state index contributed by atoms with van der Waals surface area (Å²) in [6.45, 7) is 2.58. The fourth-order valence-corrected chi connectivity index (χ4v) is 7.77. The van der Waals surface area contributed by atoms with Crippen LogP contribution >= 0.6 is 0 Å². The Hall–Kier alpha value is -3.09. The van der Waals surface area contributed by atoms with Crippen molar-refractivity contribution in [1.29, 1.82) is 0 Å². The Kier molecular flexibility index (Phi) is 36.4. The van der Waals surface area contributed by atoms with Crippen LogP contribution in [0.15, 0.2) is 97.2 Å². The highest BCUT2D eigenvalue weighted by atomic mass is 16.7. The Morgan fingerprint density at radius 1 is 0.536 bits per heavy atom. The molecule has 0 aromatic rings. The second kappa shape index (κ2) is 40.5. The summed E-state index contributed by atoms with van der Waals surface area (Å²) in [5.41, 5.74) is 0. The zero-order valence-electron chi connectivity index (χ0n) is 41.8. The number of ether oxygens (including phenoxy) is 4. The van der Waals surface area contributed by atoms with E-state index in [9.17, 15) is 45.6 Å². The Morgan fingerprint density at radius 2 is 1.01 bits per heavy atom. The molecule has 0 radical (unpaired) electrons. The van der Waals surface area contributed by atoms with Gasteiger partial charge in [-0.2, -0.15) is 0 Å². The molecule has 12 atom stereocenters. The van der Waals surface area contributed by atoms with E-state index >= 15 is 0 Å². The molecule has 2 fully saturated rings. The fraction of sp³-hybridized carbons (Fsp3) is 0.691. The lowest BCUT2D eigenvalue weighted by Gasteiger charge is -2.46. The average Bonchev–Trinajstić information content (AvgIpc) is 3.35. The lowest BCUT2D eigenvalue weighted by Crippen LogP contribution is -2.65. The highest BCUT2D eigenvalue weighted by Gasteiger charge is 2.51. The first-order valence-corrected chi connectivity index (χ1v) is 26.0. The van der Waals surface area contributed by atoms with Crippen molar-refractivity contribution in [3.63, 3.8) is 0 Å². The zero-order valence-corrected chi connectivity index (χ0v) is 41.8. The van der Waals surface area contributed by atoms with Crippen LogP contribution in [0.2, 0.25) is 0 Å². The van der Waals surface area contributed by atoms with Crippen molar-refractivity contribution in [2.75, 3.05) is 19.8 Å². The Labute approximate surface area is 413 Å². The molecule has 14 heteroatoms. The van der Waals surface area contributed by atoms with Crippen molar-refractivity contribution >= 4 is 5.91 Å². The molecule has 0 aliphatic carbocycles. The number of rotatable bonds is 38. The molecule has 2 aliphatic rings. The third-order valence-electron chi connectivity index (χ3n) is 12.0. The first-order valence-electron chi connectivity index (χ1n) is 26.0. The van der Waals surface area contributed by atoms with E-state index < -0.39 is 86.8 Å². The van der Waals surface area contributed by atoms with Gasteiger partial charge in [0, 0.05) is 6.42 Å². The van der Waals surface area contributed by atoms with Gasteiger partial charge in [0.05, 0.1) is 32.0 Å². The van der Waals surface area contributed by atoms with Crippen LogP contribution < -0.4 is 5.32 Å². The molecule has 69 heavy (non-hydrogen) atoms. The summed E-state index contributed by atoms with van der Waals surface area (Å²) in [7, 11) is 0. The molecular formula is C55H91NO13. The van der Waals surface area contributed by atoms with Crippen molar-refractivity contribution in [3.05, 3.63) is 97.2 Å². The van der Waals surface area contributed by atoms with Crippen molar-refractivity contribution in [2.24, 2.45) is 0 Å². The molecular weight excluding hydrogens is 883 g/mol. The van der Waals surface area contributed by atoms with Crippen LogP contribution in [0, 0.1) is 0 Å². The molecule has 0 bridgehead atoms. The van der Waals surface area contributed by atoms with Crippen molar-refractivity contribution < 1.29 is 64.6 Å². The number of carbonyl (C=O) groups excluding carboxylic acids is 1. The number of carbonyl (C=O) groups is 1. The molecule has 2 saturated heterocycles. The van der Waals surface area contributed by atoms with Crippen LogP contribution in [-0.2, 0) is 23.7 Å². The highest BCUT2D eigenvalue weighted by molar-refractivity contribution is 5.76. The Morgan fingerprint density at radius 3 is 1.59 bits per heavy atom. The predicted octanol–water partition coefficient (Wildman–Crippen LogP) is 7.15. The number of hydrogen-bond acceptors (Lipinski definition) is 13. The van der Waals surface area contributed by atoms with E-state index in [4.69, 9.17) is 18.9 Å². The second-order valence-electron chi connectivity index (χ2n) is 17.9. The lowest BCUT2D eigenvalue weighted by atomic mass is 9.97.